The Morgan fingerprint density at radius 3 is 2.27 bits per heavy atom. The number of nitrogens with zero attached hydrogens (tertiary/aromatic N) is 2. The first-order chi connectivity index (χ1) is 12.5. The molecule has 1 aromatic carbocycles. The number of nitrogens with one attached hydrogen (secondary N) is 1. The topological polar surface area (TPSA) is 88.1 Å². The van der Waals surface area contributed by atoms with Crippen molar-refractivity contribution in [2.45, 2.75) is 39.5 Å². The lowest BCUT2D eigenvalue weighted by Crippen LogP contribution is -2.30. The molecule has 1 aliphatic carbocycles. The van der Waals surface area contributed by atoms with Crippen molar-refractivity contribution in [1.82, 2.24) is 5.43 Å². The fourth-order valence-corrected chi connectivity index (χ4v) is 3.63. The normalized spacial score (nSPS) is 23.0. The lowest BCUT2D eigenvalue weighted by atomic mass is 9.81. The van der Waals surface area contributed by atoms with Gasteiger partial charge in [-0.25, -0.2) is 10.2 Å². The van der Waals surface area contributed by atoms with E-state index in [0.717, 1.165) is 31.2 Å². The van der Waals surface area contributed by atoms with E-state index in [0.29, 0.717) is 11.4 Å². The van der Waals surface area contributed by atoms with Crippen LogP contribution >= 0.6 is 0 Å². The molecule has 26 heavy (non-hydrogen) atoms. The Labute approximate surface area is 152 Å². The molecule has 3 amide bonds. The number of amides is 3. The van der Waals surface area contributed by atoms with Gasteiger partial charge in [-0.05, 0) is 44.4 Å². The van der Waals surface area contributed by atoms with Crippen molar-refractivity contribution >= 4 is 29.3 Å². The number of hydrazone groups is 1. The van der Waals surface area contributed by atoms with E-state index in [1.54, 1.807) is 38.1 Å². The van der Waals surface area contributed by atoms with Crippen LogP contribution in [-0.4, -0.2) is 30.2 Å². The molecule has 7 nitrogen and oxygen atoms in total. The molecule has 2 atom stereocenters. The highest BCUT2D eigenvalue weighted by Crippen LogP contribution is 2.40. The highest BCUT2D eigenvalue weighted by atomic mass is 16.5. The van der Waals surface area contributed by atoms with Gasteiger partial charge in [0.2, 0.25) is 11.8 Å². The van der Waals surface area contributed by atoms with E-state index in [1.165, 1.54) is 4.90 Å². The number of hydrogen-bond acceptors (Lipinski definition) is 5. The SMILES string of the molecule is CCOC(=O)N/N=C(/C)c1ccc(N2C(=O)C3CCCCC3C2=O)cc1. The third kappa shape index (κ3) is 3.47. The lowest BCUT2D eigenvalue weighted by Gasteiger charge is -2.19. The number of fused-ring (bicyclic) bond motifs is 1. The van der Waals surface area contributed by atoms with E-state index in [9.17, 15) is 14.4 Å². The number of anilines is 1. The molecule has 1 N–H and O–H groups in total. The summed E-state index contributed by atoms with van der Waals surface area (Å²) in [4.78, 5) is 37.9. The molecule has 0 aromatic heterocycles. The van der Waals surface area contributed by atoms with Gasteiger partial charge in [-0.1, -0.05) is 25.0 Å². The van der Waals surface area contributed by atoms with E-state index in [4.69, 9.17) is 4.74 Å². The van der Waals surface area contributed by atoms with Crippen LogP contribution in [0.1, 0.15) is 45.1 Å². The molecule has 0 spiro atoms. The Bertz CT molecular complexity index is 718. The number of benzene rings is 1. The Morgan fingerprint density at radius 1 is 1.15 bits per heavy atom. The minimum absolute atomic E-state index is 0.0817. The average Bonchev–Trinajstić information content (AvgIpc) is 2.91. The molecule has 7 heteroatoms. The highest BCUT2D eigenvalue weighted by Gasteiger charge is 2.48. The van der Waals surface area contributed by atoms with Crippen LogP contribution in [0.5, 0.6) is 0 Å². The van der Waals surface area contributed by atoms with Crippen LogP contribution in [0, 0.1) is 11.8 Å². The zero-order valence-electron chi connectivity index (χ0n) is 15.0. The first-order valence-electron chi connectivity index (χ1n) is 8.98. The van der Waals surface area contributed by atoms with E-state index in [2.05, 4.69) is 10.5 Å². The molecule has 1 heterocycles. The Balaban J connectivity index is 1.73. The molecule has 2 aliphatic rings. The van der Waals surface area contributed by atoms with Gasteiger partial charge < -0.3 is 4.74 Å². The summed E-state index contributed by atoms with van der Waals surface area (Å²) in [5.74, 6) is -0.482. The average molecular weight is 357 g/mol. The van der Waals surface area contributed by atoms with Crippen molar-refractivity contribution in [2.24, 2.45) is 16.9 Å². The van der Waals surface area contributed by atoms with Crippen LogP contribution in [0.4, 0.5) is 10.5 Å². The summed E-state index contributed by atoms with van der Waals surface area (Å²) in [5.41, 5.74) is 4.27. The Hall–Kier alpha value is -2.70. The predicted molar refractivity (Wildman–Crippen MR) is 96.8 cm³/mol. The van der Waals surface area contributed by atoms with E-state index < -0.39 is 6.09 Å². The first-order valence-corrected chi connectivity index (χ1v) is 8.98. The van der Waals surface area contributed by atoms with Gasteiger partial charge in [0.1, 0.15) is 0 Å². The van der Waals surface area contributed by atoms with Gasteiger partial charge in [-0.2, -0.15) is 5.10 Å². The maximum Gasteiger partial charge on any atom is 0.427 e. The standard InChI is InChI=1S/C19H23N3O4/c1-3-26-19(25)21-20-12(2)13-8-10-14(11-9-13)22-17(23)15-6-4-5-7-16(15)18(22)24/h8-11,15-16H,3-7H2,1-2H3,(H,21,25)/b20-12-. The summed E-state index contributed by atoms with van der Waals surface area (Å²) in [6.07, 6.45) is 3.01. The summed E-state index contributed by atoms with van der Waals surface area (Å²) in [5, 5.41) is 3.97. The molecular weight excluding hydrogens is 334 g/mol. The molecule has 0 radical (unpaired) electrons. The summed E-state index contributed by atoms with van der Waals surface area (Å²) in [6, 6.07) is 7.05. The zero-order valence-corrected chi connectivity index (χ0v) is 15.0. The van der Waals surface area contributed by atoms with Crippen LogP contribution in [0.25, 0.3) is 0 Å². The first kappa shape index (κ1) is 18.1. The minimum Gasteiger partial charge on any atom is -0.449 e. The van der Waals surface area contributed by atoms with Crippen LogP contribution < -0.4 is 10.3 Å². The van der Waals surface area contributed by atoms with Crippen molar-refractivity contribution in [3.8, 4) is 0 Å². The second-order valence-electron chi connectivity index (χ2n) is 6.59. The number of ether oxygens (including phenoxy) is 1. The summed E-state index contributed by atoms with van der Waals surface area (Å²) in [7, 11) is 0. The molecule has 1 aromatic rings. The number of imide groups is 1. The zero-order chi connectivity index (χ0) is 18.7. The molecule has 2 unspecified atom stereocenters. The monoisotopic (exact) mass is 357 g/mol. The number of carbonyl (C=O) groups is 3. The largest absolute Gasteiger partial charge is 0.449 e. The summed E-state index contributed by atoms with van der Waals surface area (Å²) >= 11 is 0. The number of rotatable bonds is 4. The summed E-state index contributed by atoms with van der Waals surface area (Å²) in [6.45, 7) is 3.74. The smallest absolute Gasteiger partial charge is 0.427 e. The molecule has 0 bridgehead atoms. The van der Waals surface area contributed by atoms with Gasteiger partial charge >= 0.3 is 6.09 Å². The molecule has 138 valence electrons. The van der Waals surface area contributed by atoms with Crippen molar-refractivity contribution in [1.29, 1.82) is 0 Å². The Morgan fingerprint density at radius 2 is 1.73 bits per heavy atom. The minimum atomic E-state index is -0.612. The van der Waals surface area contributed by atoms with Gasteiger partial charge in [0, 0.05) is 0 Å². The van der Waals surface area contributed by atoms with Gasteiger partial charge in [0.05, 0.1) is 29.8 Å². The van der Waals surface area contributed by atoms with Crippen LogP contribution in [0.2, 0.25) is 0 Å². The van der Waals surface area contributed by atoms with E-state index in [-0.39, 0.29) is 30.3 Å². The predicted octanol–water partition coefficient (Wildman–Crippen LogP) is 2.84. The highest BCUT2D eigenvalue weighted by molar-refractivity contribution is 6.22. The molecule has 1 saturated heterocycles. The van der Waals surface area contributed by atoms with Gasteiger partial charge in [0.25, 0.3) is 0 Å². The van der Waals surface area contributed by atoms with Crippen LogP contribution in [0.3, 0.4) is 0 Å². The fraction of sp³-hybridized carbons (Fsp3) is 0.474. The van der Waals surface area contributed by atoms with E-state index in [1.807, 2.05) is 0 Å². The maximum absolute atomic E-state index is 12.6. The molecular formula is C19H23N3O4. The molecule has 1 aliphatic heterocycles. The second-order valence-corrected chi connectivity index (χ2v) is 6.59. The molecule has 2 fully saturated rings. The molecule has 3 rings (SSSR count). The summed E-state index contributed by atoms with van der Waals surface area (Å²) < 4.78 is 4.75. The van der Waals surface area contributed by atoms with Crippen LogP contribution in [0.15, 0.2) is 29.4 Å². The second kappa shape index (κ2) is 7.68. The number of carbonyl (C=O) groups excluding carboxylic acids is 3. The Kier molecular flexibility index (Phi) is 5.35. The van der Waals surface area contributed by atoms with Crippen molar-refractivity contribution in [2.75, 3.05) is 11.5 Å². The van der Waals surface area contributed by atoms with Crippen molar-refractivity contribution < 1.29 is 19.1 Å². The van der Waals surface area contributed by atoms with Crippen molar-refractivity contribution in [3.63, 3.8) is 0 Å². The maximum atomic E-state index is 12.6. The van der Waals surface area contributed by atoms with E-state index >= 15 is 0 Å². The van der Waals surface area contributed by atoms with Gasteiger partial charge in [0.15, 0.2) is 0 Å². The van der Waals surface area contributed by atoms with Gasteiger partial charge in [-0.15, -0.1) is 0 Å². The van der Waals surface area contributed by atoms with Crippen molar-refractivity contribution in [3.05, 3.63) is 29.8 Å². The quantitative estimate of drug-likeness (QED) is 0.510. The third-order valence-electron chi connectivity index (χ3n) is 4.97. The fourth-order valence-electron chi connectivity index (χ4n) is 3.63. The van der Waals surface area contributed by atoms with Gasteiger partial charge in [-0.3, -0.25) is 14.5 Å². The lowest BCUT2D eigenvalue weighted by molar-refractivity contribution is -0.122. The molecule has 1 saturated carbocycles. The van der Waals surface area contributed by atoms with Crippen LogP contribution in [-0.2, 0) is 14.3 Å². The number of hydrogen-bond donors (Lipinski definition) is 1. The third-order valence-corrected chi connectivity index (χ3v) is 4.97.